The number of carboxylic acids is 1. The van der Waals surface area contributed by atoms with Crippen molar-refractivity contribution in [2.75, 3.05) is 5.32 Å². The fourth-order valence-corrected chi connectivity index (χ4v) is 1.58. The number of rotatable bonds is 4. The van der Waals surface area contributed by atoms with Gasteiger partial charge in [-0.2, -0.15) is 0 Å². The summed E-state index contributed by atoms with van der Waals surface area (Å²) in [5.41, 5.74) is 5.57. The lowest BCUT2D eigenvalue weighted by Crippen LogP contribution is -2.33. The highest BCUT2D eigenvalue weighted by molar-refractivity contribution is 5.94. The van der Waals surface area contributed by atoms with E-state index in [1.807, 2.05) is 0 Å². The Morgan fingerprint density at radius 3 is 2.83 bits per heavy atom. The van der Waals surface area contributed by atoms with Crippen LogP contribution in [0, 0.1) is 0 Å². The molecule has 0 aliphatic heterocycles. The molecule has 0 saturated heterocycles. The number of aromatic carboxylic acids is 1. The highest BCUT2D eigenvalue weighted by Gasteiger charge is 2.20. The predicted molar refractivity (Wildman–Crippen MR) is 64.4 cm³/mol. The first-order chi connectivity index (χ1) is 8.50. The molecule has 7 heteroatoms. The van der Waals surface area contributed by atoms with E-state index in [4.69, 9.17) is 5.73 Å². The SMILES string of the molecule is CC(Nc1nc2ccccn2c1C(=O)O)C(N)=O. The van der Waals surface area contributed by atoms with Gasteiger partial charge in [-0.3, -0.25) is 9.20 Å². The van der Waals surface area contributed by atoms with Crippen molar-refractivity contribution in [2.24, 2.45) is 5.73 Å². The molecule has 18 heavy (non-hydrogen) atoms. The molecule has 0 radical (unpaired) electrons. The molecule has 0 aromatic carbocycles. The summed E-state index contributed by atoms with van der Waals surface area (Å²) >= 11 is 0. The number of hydrogen-bond donors (Lipinski definition) is 3. The maximum atomic E-state index is 11.2. The maximum absolute atomic E-state index is 11.2. The molecule has 4 N–H and O–H groups in total. The topological polar surface area (TPSA) is 110 Å². The Balaban J connectivity index is 2.52. The Morgan fingerprint density at radius 1 is 1.50 bits per heavy atom. The number of nitrogens with one attached hydrogen (secondary N) is 1. The quantitative estimate of drug-likeness (QED) is 0.721. The second-order valence-corrected chi connectivity index (χ2v) is 3.81. The average molecular weight is 248 g/mol. The molecule has 2 rings (SSSR count). The molecule has 0 aliphatic carbocycles. The molecule has 7 nitrogen and oxygen atoms in total. The van der Waals surface area contributed by atoms with Crippen LogP contribution in [0.4, 0.5) is 5.82 Å². The Hall–Kier alpha value is -2.57. The van der Waals surface area contributed by atoms with E-state index in [1.54, 1.807) is 24.4 Å². The number of carbonyl (C=O) groups is 2. The fraction of sp³-hybridized carbons (Fsp3) is 0.182. The summed E-state index contributed by atoms with van der Waals surface area (Å²) in [7, 11) is 0. The molecule has 0 fully saturated rings. The monoisotopic (exact) mass is 248 g/mol. The summed E-state index contributed by atoms with van der Waals surface area (Å²) < 4.78 is 1.43. The second-order valence-electron chi connectivity index (χ2n) is 3.81. The van der Waals surface area contributed by atoms with Gasteiger partial charge in [0.15, 0.2) is 11.5 Å². The third kappa shape index (κ3) is 1.97. The normalized spacial score (nSPS) is 12.3. The molecule has 2 heterocycles. The van der Waals surface area contributed by atoms with Crippen LogP contribution < -0.4 is 11.1 Å². The first-order valence-electron chi connectivity index (χ1n) is 5.27. The van der Waals surface area contributed by atoms with Crippen LogP contribution in [0.2, 0.25) is 0 Å². The highest BCUT2D eigenvalue weighted by atomic mass is 16.4. The standard InChI is InChI=1S/C11H12N4O3/c1-6(9(12)16)13-10-8(11(17)18)15-5-3-2-4-7(15)14-10/h2-6,13H,1H3,(H2,12,16)(H,17,18). The molecule has 0 saturated carbocycles. The van der Waals surface area contributed by atoms with Crippen LogP contribution in [0.1, 0.15) is 17.4 Å². The molecule has 2 aromatic rings. The number of amides is 1. The number of pyridine rings is 1. The van der Waals surface area contributed by atoms with Crippen LogP contribution in [-0.4, -0.2) is 32.4 Å². The summed E-state index contributed by atoms with van der Waals surface area (Å²) in [4.78, 5) is 26.3. The van der Waals surface area contributed by atoms with Crippen LogP contribution in [0.5, 0.6) is 0 Å². The van der Waals surface area contributed by atoms with Gasteiger partial charge in [-0.1, -0.05) is 6.07 Å². The predicted octanol–water partition coefficient (Wildman–Crippen LogP) is 0.318. The van der Waals surface area contributed by atoms with E-state index < -0.39 is 17.9 Å². The van der Waals surface area contributed by atoms with Crippen molar-refractivity contribution in [3.05, 3.63) is 30.1 Å². The lowest BCUT2D eigenvalue weighted by molar-refractivity contribution is -0.118. The van der Waals surface area contributed by atoms with E-state index in [9.17, 15) is 14.7 Å². The molecule has 94 valence electrons. The van der Waals surface area contributed by atoms with Crippen LogP contribution in [-0.2, 0) is 4.79 Å². The third-order valence-electron chi connectivity index (χ3n) is 2.51. The van der Waals surface area contributed by atoms with Crippen LogP contribution >= 0.6 is 0 Å². The molecule has 1 amide bonds. The number of nitrogens with two attached hydrogens (primary N) is 1. The van der Waals surface area contributed by atoms with Crippen molar-refractivity contribution in [3.63, 3.8) is 0 Å². The molecule has 0 aliphatic rings. The minimum Gasteiger partial charge on any atom is -0.476 e. The number of imidazole rings is 1. The van der Waals surface area contributed by atoms with Crippen molar-refractivity contribution in [2.45, 2.75) is 13.0 Å². The summed E-state index contributed by atoms with van der Waals surface area (Å²) in [5.74, 6) is -1.59. The van der Waals surface area contributed by atoms with E-state index in [-0.39, 0.29) is 11.5 Å². The van der Waals surface area contributed by atoms with Gasteiger partial charge in [0.1, 0.15) is 11.7 Å². The number of hydrogen-bond acceptors (Lipinski definition) is 4. The van der Waals surface area contributed by atoms with Gasteiger partial charge in [0, 0.05) is 6.20 Å². The average Bonchev–Trinajstić information content (AvgIpc) is 2.66. The van der Waals surface area contributed by atoms with Crippen LogP contribution in [0.25, 0.3) is 5.65 Å². The number of carboxylic acid groups (broad SMARTS) is 1. The van der Waals surface area contributed by atoms with Gasteiger partial charge in [-0.05, 0) is 19.1 Å². The number of anilines is 1. The lowest BCUT2D eigenvalue weighted by atomic mass is 10.3. The number of aromatic nitrogens is 2. The maximum Gasteiger partial charge on any atom is 0.356 e. The van der Waals surface area contributed by atoms with Crippen LogP contribution in [0.3, 0.4) is 0 Å². The van der Waals surface area contributed by atoms with E-state index in [0.29, 0.717) is 5.65 Å². The lowest BCUT2D eigenvalue weighted by Gasteiger charge is -2.09. The van der Waals surface area contributed by atoms with Crippen molar-refractivity contribution in [1.82, 2.24) is 9.38 Å². The van der Waals surface area contributed by atoms with E-state index in [0.717, 1.165) is 0 Å². The first-order valence-corrected chi connectivity index (χ1v) is 5.27. The van der Waals surface area contributed by atoms with Crippen molar-refractivity contribution < 1.29 is 14.7 Å². The molecule has 0 bridgehead atoms. The van der Waals surface area contributed by atoms with Gasteiger partial charge in [0.05, 0.1) is 0 Å². The minimum absolute atomic E-state index is 0.0290. The van der Waals surface area contributed by atoms with Crippen molar-refractivity contribution >= 4 is 23.3 Å². The molecule has 0 spiro atoms. The van der Waals surface area contributed by atoms with Gasteiger partial charge in [0.25, 0.3) is 0 Å². The van der Waals surface area contributed by atoms with E-state index >= 15 is 0 Å². The molecular weight excluding hydrogens is 236 g/mol. The summed E-state index contributed by atoms with van der Waals surface area (Å²) in [6.45, 7) is 1.54. The zero-order valence-electron chi connectivity index (χ0n) is 9.62. The summed E-state index contributed by atoms with van der Waals surface area (Å²) in [6.07, 6.45) is 1.59. The Kier molecular flexibility index (Phi) is 2.88. The highest BCUT2D eigenvalue weighted by Crippen LogP contribution is 2.18. The fourth-order valence-electron chi connectivity index (χ4n) is 1.58. The van der Waals surface area contributed by atoms with E-state index in [1.165, 1.54) is 11.3 Å². The number of fused-ring (bicyclic) bond motifs is 1. The minimum atomic E-state index is -1.13. The second kappa shape index (κ2) is 4.36. The Morgan fingerprint density at radius 2 is 2.22 bits per heavy atom. The van der Waals surface area contributed by atoms with Gasteiger partial charge in [0.2, 0.25) is 5.91 Å². The first kappa shape index (κ1) is 11.9. The number of carbonyl (C=O) groups excluding carboxylic acids is 1. The largest absolute Gasteiger partial charge is 0.476 e. The van der Waals surface area contributed by atoms with Gasteiger partial charge in [-0.15, -0.1) is 0 Å². The smallest absolute Gasteiger partial charge is 0.356 e. The molecule has 1 atom stereocenters. The third-order valence-corrected chi connectivity index (χ3v) is 2.51. The molecule has 2 aromatic heterocycles. The van der Waals surface area contributed by atoms with Gasteiger partial charge >= 0.3 is 5.97 Å². The van der Waals surface area contributed by atoms with Gasteiger partial charge < -0.3 is 16.2 Å². The van der Waals surface area contributed by atoms with Crippen LogP contribution in [0.15, 0.2) is 24.4 Å². The van der Waals surface area contributed by atoms with E-state index in [2.05, 4.69) is 10.3 Å². The number of nitrogens with zero attached hydrogens (tertiary/aromatic N) is 2. The number of primary amides is 1. The zero-order valence-corrected chi connectivity index (χ0v) is 9.62. The van der Waals surface area contributed by atoms with Crippen molar-refractivity contribution in [3.8, 4) is 0 Å². The Bertz CT molecular complexity index is 620. The van der Waals surface area contributed by atoms with Crippen molar-refractivity contribution in [1.29, 1.82) is 0 Å². The zero-order chi connectivity index (χ0) is 13.3. The molecular formula is C11H12N4O3. The molecule has 1 unspecified atom stereocenters. The Labute approximate surface area is 102 Å². The summed E-state index contributed by atoms with van der Waals surface area (Å²) in [5, 5.41) is 11.9. The summed E-state index contributed by atoms with van der Waals surface area (Å²) in [6, 6.07) is 4.41. The van der Waals surface area contributed by atoms with Gasteiger partial charge in [-0.25, -0.2) is 9.78 Å².